The van der Waals surface area contributed by atoms with Gasteiger partial charge in [-0.15, -0.1) is 0 Å². The van der Waals surface area contributed by atoms with E-state index in [0.717, 1.165) is 17.8 Å². The van der Waals surface area contributed by atoms with E-state index in [-0.39, 0.29) is 0 Å². The van der Waals surface area contributed by atoms with Crippen LogP contribution in [0.15, 0.2) is 0 Å². The van der Waals surface area contributed by atoms with Crippen LogP contribution in [-0.2, 0) is 0 Å². The molecule has 0 heterocycles. The van der Waals surface area contributed by atoms with E-state index in [4.69, 9.17) is 0 Å². The molecule has 1 fully saturated rings. The van der Waals surface area contributed by atoms with Crippen LogP contribution in [0, 0.1) is 17.8 Å². The summed E-state index contributed by atoms with van der Waals surface area (Å²) in [6.45, 7) is 7.12. The quantitative estimate of drug-likeness (QED) is 0.577. The average molecular weight is 154 g/mol. The first-order chi connectivity index (χ1) is 5.24. The second kappa shape index (κ2) is 4.13. The van der Waals surface area contributed by atoms with Crippen LogP contribution in [0.2, 0.25) is 0 Å². The van der Waals surface area contributed by atoms with E-state index in [1.807, 2.05) is 0 Å². The largest absolute Gasteiger partial charge is 0.0651 e. The summed E-state index contributed by atoms with van der Waals surface area (Å²) in [5, 5.41) is 0. The zero-order chi connectivity index (χ0) is 8.27. The minimum absolute atomic E-state index is 0.940. The summed E-state index contributed by atoms with van der Waals surface area (Å²) in [4.78, 5) is 0. The molecule has 0 aliphatic heterocycles. The molecule has 66 valence electrons. The molecule has 0 aromatic carbocycles. The molecule has 0 bridgehead atoms. The maximum absolute atomic E-state index is 2.42. The second-order valence-electron chi connectivity index (χ2n) is 4.40. The van der Waals surface area contributed by atoms with Crippen LogP contribution >= 0.6 is 0 Å². The number of hydrogen-bond acceptors (Lipinski definition) is 0. The SMILES string of the molecule is CCC(C)C(C)CC1CCC1. The van der Waals surface area contributed by atoms with Crippen molar-refractivity contribution < 1.29 is 0 Å². The van der Waals surface area contributed by atoms with Gasteiger partial charge in [0.2, 0.25) is 0 Å². The van der Waals surface area contributed by atoms with Crippen molar-refractivity contribution in [1.82, 2.24) is 0 Å². The normalized spacial score (nSPS) is 24.3. The fraction of sp³-hybridized carbons (Fsp3) is 1.00. The Hall–Kier alpha value is 0. The van der Waals surface area contributed by atoms with Crippen molar-refractivity contribution in [3.63, 3.8) is 0 Å². The van der Waals surface area contributed by atoms with E-state index in [1.54, 1.807) is 0 Å². The Balaban J connectivity index is 2.13. The van der Waals surface area contributed by atoms with Gasteiger partial charge in [-0.1, -0.05) is 46.5 Å². The van der Waals surface area contributed by atoms with Crippen LogP contribution in [0.1, 0.15) is 52.9 Å². The average Bonchev–Trinajstić information content (AvgIpc) is 1.94. The van der Waals surface area contributed by atoms with E-state index in [1.165, 1.54) is 32.1 Å². The highest BCUT2D eigenvalue weighted by Crippen LogP contribution is 2.34. The molecule has 0 amide bonds. The van der Waals surface area contributed by atoms with Gasteiger partial charge in [0, 0.05) is 0 Å². The minimum Gasteiger partial charge on any atom is -0.0651 e. The molecule has 2 atom stereocenters. The predicted octanol–water partition coefficient (Wildman–Crippen LogP) is 3.86. The standard InChI is InChI=1S/C11H22/c1-4-9(2)10(3)8-11-6-5-7-11/h9-11H,4-8H2,1-3H3. The number of hydrogen-bond donors (Lipinski definition) is 0. The third kappa shape index (κ3) is 2.50. The monoisotopic (exact) mass is 154 g/mol. The molecule has 0 radical (unpaired) electrons. The van der Waals surface area contributed by atoms with Crippen LogP contribution < -0.4 is 0 Å². The highest BCUT2D eigenvalue weighted by molar-refractivity contribution is 4.73. The minimum atomic E-state index is 0.940. The lowest BCUT2D eigenvalue weighted by molar-refractivity contribution is 0.219. The molecule has 0 nitrogen and oxygen atoms in total. The van der Waals surface area contributed by atoms with Gasteiger partial charge in [-0.3, -0.25) is 0 Å². The topological polar surface area (TPSA) is 0 Å². The van der Waals surface area contributed by atoms with Crippen LogP contribution in [-0.4, -0.2) is 0 Å². The summed E-state index contributed by atoms with van der Waals surface area (Å²) in [6, 6.07) is 0. The van der Waals surface area contributed by atoms with Gasteiger partial charge in [-0.25, -0.2) is 0 Å². The van der Waals surface area contributed by atoms with Crippen molar-refractivity contribution in [2.75, 3.05) is 0 Å². The third-order valence-electron chi connectivity index (χ3n) is 3.55. The lowest BCUT2D eigenvalue weighted by atomic mass is 9.76. The second-order valence-corrected chi connectivity index (χ2v) is 4.40. The first-order valence-corrected chi connectivity index (χ1v) is 5.24. The fourth-order valence-electron chi connectivity index (χ4n) is 1.89. The van der Waals surface area contributed by atoms with Crippen LogP contribution in [0.3, 0.4) is 0 Å². The van der Waals surface area contributed by atoms with Crippen LogP contribution in [0.25, 0.3) is 0 Å². The van der Waals surface area contributed by atoms with Gasteiger partial charge >= 0.3 is 0 Å². The summed E-state index contributed by atoms with van der Waals surface area (Å²) >= 11 is 0. The molecule has 0 heteroatoms. The maximum Gasteiger partial charge on any atom is -0.0412 e. The zero-order valence-corrected chi connectivity index (χ0v) is 8.27. The lowest BCUT2D eigenvalue weighted by Gasteiger charge is -2.30. The highest BCUT2D eigenvalue weighted by Gasteiger charge is 2.21. The fourth-order valence-corrected chi connectivity index (χ4v) is 1.89. The van der Waals surface area contributed by atoms with Gasteiger partial charge in [0.15, 0.2) is 0 Å². The van der Waals surface area contributed by atoms with Crippen molar-refractivity contribution >= 4 is 0 Å². The molecular weight excluding hydrogens is 132 g/mol. The van der Waals surface area contributed by atoms with Crippen molar-refractivity contribution in [1.29, 1.82) is 0 Å². The molecule has 2 unspecified atom stereocenters. The van der Waals surface area contributed by atoms with Crippen molar-refractivity contribution in [3.05, 3.63) is 0 Å². The Kier molecular flexibility index (Phi) is 3.42. The summed E-state index contributed by atoms with van der Waals surface area (Å²) in [5.41, 5.74) is 0. The molecule has 1 rings (SSSR count). The van der Waals surface area contributed by atoms with Crippen LogP contribution in [0.4, 0.5) is 0 Å². The Labute approximate surface area is 71.4 Å². The molecule has 1 aliphatic rings. The maximum atomic E-state index is 2.42. The van der Waals surface area contributed by atoms with E-state index < -0.39 is 0 Å². The Morgan fingerprint density at radius 3 is 2.18 bits per heavy atom. The van der Waals surface area contributed by atoms with Gasteiger partial charge in [0.25, 0.3) is 0 Å². The molecule has 0 saturated heterocycles. The third-order valence-corrected chi connectivity index (χ3v) is 3.55. The van der Waals surface area contributed by atoms with Crippen molar-refractivity contribution in [3.8, 4) is 0 Å². The van der Waals surface area contributed by atoms with Crippen molar-refractivity contribution in [2.24, 2.45) is 17.8 Å². The zero-order valence-electron chi connectivity index (χ0n) is 8.27. The van der Waals surface area contributed by atoms with Gasteiger partial charge in [0.05, 0.1) is 0 Å². The predicted molar refractivity (Wildman–Crippen MR) is 50.6 cm³/mol. The van der Waals surface area contributed by atoms with Gasteiger partial charge < -0.3 is 0 Å². The first kappa shape index (κ1) is 9.09. The van der Waals surface area contributed by atoms with E-state index >= 15 is 0 Å². The Bertz CT molecular complexity index is 103. The summed E-state index contributed by atoms with van der Waals surface area (Å²) in [7, 11) is 0. The molecule has 1 saturated carbocycles. The summed E-state index contributed by atoms with van der Waals surface area (Å²) < 4.78 is 0. The molecule has 11 heavy (non-hydrogen) atoms. The Morgan fingerprint density at radius 2 is 1.82 bits per heavy atom. The Morgan fingerprint density at radius 1 is 1.18 bits per heavy atom. The lowest BCUT2D eigenvalue weighted by Crippen LogP contribution is -2.18. The van der Waals surface area contributed by atoms with Gasteiger partial charge in [-0.2, -0.15) is 0 Å². The van der Waals surface area contributed by atoms with Gasteiger partial charge in [0.1, 0.15) is 0 Å². The van der Waals surface area contributed by atoms with Crippen LogP contribution in [0.5, 0.6) is 0 Å². The van der Waals surface area contributed by atoms with E-state index in [0.29, 0.717) is 0 Å². The van der Waals surface area contributed by atoms with Gasteiger partial charge in [-0.05, 0) is 24.2 Å². The molecule has 0 N–H and O–H groups in total. The molecule has 0 aromatic rings. The summed E-state index contributed by atoms with van der Waals surface area (Å²) in [5.74, 6) is 3.00. The molecule has 0 spiro atoms. The van der Waals surface area contributed by atoms with Crippen molar-refractivity contribution in [2.45, 2.75) is 52.9 Å². The highest BCUT2D eigenvalue weighted by atomic mass is 14.3. The van der Waals surface area contributed by atoms with E-state index in [9.17, 15) is 0 Å². The summed E-state index contributed by atoms with van der Waals surface area (Å²) in [6.07, 6.45) is 7.38. The van der Waals surface area contributed by atoms with E-state index in [2.05, 4.69) is 20.8 Å². The molecule has 0 aromatic heterocycles. The molecule has 1 aliphatic carbocycles. The first-order valence-electron chi connectivity index (χ1n) is 5.24. The smallest absolute Gasteiger partial charge is 0.0412 e. The number of rotatable bonds is 4. The molecular formula is C11H22.